The van der Waals surface area contributed by atoms with E-state index in [0.29, 0.717) is 12.3 Å². The number of carbonyl (C=O) groups excluding carboxylic acids is 1. The van der Waals surface area contributed by atoms with Gasteiger partial charge in [-0.05, 0) is 17.9 Å². The number of benzene rings is 1. The van der Waals surface area contributed by atoms with Crippen LogP contribution in [-0.4, -0.2) is 12.5 Å². The highest BCUT2D eigenvalue weighted by Gasteiger charge is 2.13. The zero-order valence-electron chi connectivity index (χ0n) is 12.8. The van der Waals surface area contributed by atoms with Crippen molar-refractivity contribution in [3.05, 3.63) is 35.9 Å². The van der Waals surface area contributed by atoms with Crippen LogP contribution in [0.3, 0.4) is 0 Å². The summed E-state index contributed by atoms with van der Waals surface area (Å²) in [5.41, 5.74) is 7.07. The third-order valence-electron chi connectivity index (χ3n) is 3.76. The Morgan fingerprint density at radius 2 is 1.95 bits per heavy atom. The Morgan fingerprint density at radius 1 is 1.25 bits per heavy atom. The summed E-state index contributed by atoms with van der Waals surface area (Å²) in [4.78, 5) is 11.9. The van der Waals surface area contributed by atoms with Gasteiger partial charge in [0.1, 0.15) is 0 Å². The van der Waals surface area contributed by atoms with E-state index in [9.17, 15) is 4.79 Å². The summed E-state index contributed by atoms with van der Waals surface area (Å²) in [7, 11) is 0. The van der Waals surface area contributed by atoms with Crippen LogP contribution in [0.2, 0.25) is 0 Å². The number of carbonyl (C=O) groups is 1. The van der Waals surface area contributed by atoms with Crippen LogP contribution in [0.25, 0.3) is 0 Å². The Kier molecular flexibility index (Phi) is 7.97. The molecule has 20 heavy (non-hydrogen) atoms. The van der Waals surface area contributed by atoms with Gasteiger partial charge in [0, 0.05) is 19.0 Å². The maximum atomic E-state index is 11.9. The van der Waals surface area contributed by atoms with Crippen molar-refractivity contribution in [2.75, 3.05) is 6.54 Å². The molecule has 0 aromatic heterocycles. The Balaban J connectivity index is 2.32. The highest BCUT2D eigenvalue weighted by Crippen LogP contribution is 2.14. The van der Waals surface area contributed by atoms with Gasteiger partial charge in [0.2, 0.25) is 5.91 Å². The van der Waals surface area contributed by atoms with Crippen LogP contribution in [0.1, 0.15) is 57.6 Å². The number of nitrogens with two attached hydrogens (primary N) is 1. The van der Waals surface area contributed by atoms with Gasteiger partial charge in [-0.2, -0.15) is 0 Å². The maximum absolute atomic E-state index is 11.9. The van der Waals surface area contributed by atoms with E-state index < -0.39 is 0 Å². The molecule has 0 aliphatic rings. The molecular weight excluding hydrogens is 248 g/mol. The molecule has 112 valence electrons. The first-order valence-corrected chi connectivity index (χ1v) is 7.74. The van der Waals surface area contributed by atoms with Gasteiger partial charge in [0.05, 0.1) is 0 Å². The number of unbranched alkanes of at least 4 members (excludes halogenated alkanes) is 1. The molecule has 0 heterocycles. The molecule has 1 amide bonds. The predicted molar refractivity (Wildman–Crippen MR) is 84.3 cm³/mol. The van der Waals surface area contributed by atoms with Gasteiger partial charge in [-0.1, -0.05) is 63.4 Å². The normalized spacial score (nSPS) is 13.8. The Morgan fingerprint density at radius 3 is 2.55 bits per heavy atom. The molecule has 0 radical (unpaired) electrons. The SMILES string of the molecule is CCCCC(CC)CNC(=O)CC(N)c1ccccc1. The van der Waals surface area contributed by atoms with Crippen molar-refractivity contribution in [1.82, 2.24) is 5.32 Å². The van der Waals surface area contributed by atoms with E-state index in [1.165, 1.54) is 19.3 Å². The molecule has 3 heteroatoms. The van der Waals surface area contributed by atoms with Crippen molar-refractivity contribution in [3.63, 3.8) is 0 Å². The quantitative estimate of drug-likeness (QED) is 0.726. The van der Waals surface area contributed by atoms with Gasteiger partial charge in [-0.3, -0.25) is 4.79 Å². The van der Waals surface area contributed by atoms with Gasteiger partial charge in [0.15, 0.2) is 0 Å². The summed E-state index contributed by atoms with van der Waals surface area (Å²) in [6, 6.07) is 9.57. The van der Waals surface area contributed by atoms with E-state index in [2.05, 4.69) is 19.2 Å². The fourth-order valence-electron chi connectivity index (χ4n) is 2.29. The third-order valence-corrected chi connectivity index (χ3v) is 3.76. The monoisotopic (exact) mass is 276 g/mol. The lowest BCUT2D eigenvalue weighted by atomic mass is 9.99. The largest absolute Gasteiger partial charge is 0.356 e. The van der Waals surface area contributed by atoms with Gasteiger partial charge >= 0.3 is 0 Å². The fourth-order valence-corrected chi connectivity index (χ4v) is 2.29. The van der Waals surface area contributed by atoms with Crippen LogP contribution < -0.4 is 11.1 Å². The molecule has 0 bridgehead atoms. The molecule has 1 rings (SSSR count). The second kappa shape index (κ2) is 9.54. The van der Waals surface area contributed by atoms with Crippen LogP contribution in [-0.2, 0) is 4.79 Å². The molecule has 1 aromatic rings. The first kappa shape index (κ1) is 16.7. The third kappa shape index (κ3) is 6.20. The van der Waals surface area contributed by atoms with E-state index in [-0.39, 0.29) is 11.9 Å². The Hall–Kier alpha value is -1.35. The predicted octanol–water partition coefficient (Wildman–Crippen LogP) is 3.41. The molecule has 0 saturated carbocycles. The van der Waals surface area contributed by atoms with Crippen molar-refractivity contribution >= 4 is 5.91 Å². The van der Waals surface area contributed by atoms with E-state index >= 15 is 0 Å². The van der Waals surface area contributed by atoms with Crippen molar-refractivity contribution in [3.8, 4) is 0 Å². The van der Waals surface area contributed by atoms with Crippen molar-refractivity contribution in [2.45, 2.75) is 52.0 Å². The Labute approximate surface area is 122 Å². The molecule has 0 aliphatic heterocycles. The first-order chi connectivity index (χ1) is 9.67. The number of amides is 1. The summed E-state index contributed by atoms with van der Waals surface area (Å²) in [5, 5.41) is 3.02. The van der Waals surface area contributed by atoms with Crippen LogP contribution >= 0.6 is 0 Å². The van der Waals surface area contributed by atoms with Crippen molar-refractivity contribution in [1.29, 1.82) is 0 Å². The molecular formula is C17H28N2O. The molecule has 1 aromatic carbocycles. The minimum Gasteiger partial charge on any atom is -0.356 e. The number of rotatable bonds is 9. The molecule has 0 aliphatic carbocycles. The van der Waals surface area contributed by atoms with Gasteiger partial charge in [-0.15, -0.1) is 0 Å². The summed E-state index contributed by atoms with van der Waals surface area (Å²) in [5.74, 6) is 0.642. The maximum Gasteiger partial charge on any atom is 0.221 e. The standard InChI is InChI=1S/C17H28N2O/c1-3-5-9-14(4-2)13-19-17(20)12-16(18)15-10-7-6-8-11-15/h6-8,10-11,14,16H,3-5,9,12-13,18H2,1-2H3,(H,19,20). The molecule has 2 atom stereocenters. The van der Waals surface area contributed by atoms with E-state index in [0.717, 1.165) is 18.5 Å². The van der Waals surface area contributed by atoms with Crippen molar-refractivity contribution < 1.29 is 4.79 Å². The zero-order chi connectivity index (χ0) is 14.8. The molecule has 0 spiro atoms. The number of nitrogens with one attached hydrogen (secondary N) is 1. The van der Waals surface area contributed by atoms with Crippen molar-refractivity contribution in [2.24, 2.45) is 11.7 Å². The average Bonchev–Trinajstić information content (AvgIpc) is 2.48. The lowest BCUT2D eigenvalue weighted by molar-refractivity contribution is -0.121. The first-order valence-electron chi connectivity index (χ1n) is 7.74. The summed E-state index contributed by atoms with van der Waals surface area (Å²) >= 11 is 0. The highest BCUT2D eigenvalue weighted by atomic mass is 16.1. The fraction of sp³-hybridized carbons (Fsp3) is 0.588. The molecule has 0 fully saturated rings. The minimum atomic E-state index is -0.216. The highest BCUT2D eigenvalue weighted by molar-refractivity contribution is 5.76. The number of hydrogen-bond acceptors (Lipinski definition) is 2. The van der Waals surface area contributed by atoms with E-state index in [4.69, 9.17) is 5.73 Å². The molecule has 0 saturated heterocycles. The van der Waals surface area contributed by atoms with Crippen LogP contribution in [0.15, 0.2) is 30.3 Å². The van der Waals surface area contributed by atoms with E-state index in [1.807, 2.05) is 30.3 Å². The molecule has 2 unspecified atom stereocenters. The number of hydrogen-bond donors (Lipinski definition) is 2. The lowest BCUT2D eigenvalue weighted by Gasteiger charge is -2.17. The van der Waals surface area contributed by atoms with Crippen LogP contribution in [0, 0.1) is 5.92 Å². The van der Waals surface area contributed by atoms with E-state index in [1.54, 1.807) is 0 Å². The summed E-state index contributed by atoms with van der Waals surface area (Å²) in [6.07, 6.45) is 5.11. The zero-order valence-corrected chi connectivity index (χ0v) is 12.8. The lowest BCUT2D eigenvalue weighted by Crippen LogP contribution is -2.31. The second-order valence-corrected chi connectivity index (χ2v) is 5.44. The van der Waals surface area contributed by atoms with Crippen LogP contribution in [0.4, 0.5) is 0 Å². The minimum absolute atomic E-state index is 0.0521. The molecule has 3 N–H and O–H groups in total. The second-order valence-electron chi connectivity index (χ2n) is 5.44. The average molecular weight is 276 g/mol. The van der Waals surface area contributed by atoms with Gasteiger partial charge in [-0.25, -0.2) is 0 Å². The summed E-state index contributed by atoms with van der Waals surface area (Å²) in [6.45, 7) is 5.16. The smallest absolute Gasteiger partial charge is 0.221 e. The van der Waals surface area contributed by atoms with Crippen LogP contribution in [0.5, 0.6) is 0 Å². The topological polar surface area (TPSA) is 55.1 Å². The van der Waals surface area contributed by atoms with Gasteiger partial charge in [0.25, 0.3) is 0 Å². The van der Waals surface area contributed by atoms with Gasteiger partial charge < -0.3 is 11.1 Å². The summed E-state index contributed by atoms with van der Waals surface area (Å²) < 4.78 is 0. The Bertz CT molecular complexity index is 378. The molecule has 3 nitrogen and oxygen atoms in total.